The van der Waals surface area contributed by atoms with Gasteiger partial charge in [0.15, 0.2) is 5.69 Å². The number of rotatable bonds is 4. The van der Waals surface area contributed by atoms with Crippen molar-refractivity contribution in [1.82, 2.24) is 15.4 Å². The Morgan fingerprint density at radius 1 is 1.17 bits per heavy atom. The molecule has 0 saturated heterocycles. The Morgan fingerprint density at radius 3 is 2.70 bits per heavy atom. The molecular weight excluding hydrogens is 398 g/mol. The molecule has 3 heterocycles. The van der Waals surface area contributed by atoms with E-state index in [9.17, 15) is 9.90 Å². The van der Waals surface area contributed by atoms with Crippen LogP contribution in [0.25, 0.3) is 21.5 Å². The van der Waals surface area contributed by atoms with E-state index in [1.54, 1.807) is 24.3 Å². The van der Waals surface area contributed by atoms with Crippen molar-refractivity contribution in [3.8, 4) is 28.8 Å². The molecule has 0 fully saturated rings. The lowest BCUT2D eigenvalue weighted by atomic mass is 9.95. The molecular formula is C23H19N3O3S. The highest BCUT2D eigenvalue weighted by Crippen LogP contribution is 2.33. The number of carbonyl (C=O) groups is 1. The molecule has 7 heteroatoms. The molecule has 0 bridgehead atoms. The van der Waals surface area contributed by atoms with Gasteiger partial charge in [-0.05, 0) is 48.4 Å². The number of fused-ring (bicyclic) bond motifs is 1. The Balaban J connectivity index is 1.67. The topological polar surface area (TPSA) is 89.1 Å². The van der Waals surface area contributed by atoms with E-state index in [0.717, 1.165) is 26.9 Å². The van der Waals surface area contributed by atoms with Crippen LogP contribution in [0, 0.1) is 24.7 Å². The standard InChI is InChI=1S/C23H19N3O3S/c1-13(2)18(12-27)21-10-15(26-29-21)8-9-22-14(3)17-11-19(24-25-23(17)30-22)16-6-4-5-7-20(16)28/h4-7,10-13,18,28H,1-3H3. The van der Waals surface area contributed by atoms with Gasteiger partial charge in [-0.15, -0.1) is 21.5 Å². The molecule has 0 radical (unpaired) electrons. The van der Waals surface area contributed by atoms with E-state index >= 15 is 0 Å². The molecule has 4 aromatic rings. The number of thiophene rings is 1. The van der Waals surface area contributed by atoms with Gasteiger partial charge in [-0.3, -0.25) is 0 Å². The molecule has 0 aliphatic rings. The van der Waals surface area contributed by atoms with Gasteiger partial charge < -0.3 is 14.4 Å². The van der Waals surface area contributed by atoms with Gasteiger partial charge in [-0.25, -0.2) is 0 Å². The summed E-state index contributed by atoms with van der Waals surface area (Å²) >= 11 is 1.45. The zero-order valence-corrected chi connectivity index (χ0v) is 17.5. The number of phenolic OH excluding ortho intramolecular Hbond substituents is 1. The van der Waals surface area contributed by atoms with Crippen molar-refractivity contribution in [3.63, 3.8) is 0 Å². The van der Waals surface area contributed by atoms with Crippen LogP contribution in [0.15, 0.2) is 40.9 Å². The van der Waals surface area contributed by atoms with Crippen molar-refractivity contribution >= 4 is 27.8 Å². The quantitative estimate of drug-likeness (QED) is 0.382. The van der Waals surface area contributed by atoms with Crippen LogP contribution in [0.5, 0.6) is 5.75 Å². The van der Waals surface area contributed by atoms with Gasteiger partial charge in [0.2, 0.25) is 0 Å². The summed E-state index contributed by atoms with van der Waals surface area (Å²) in [6.45, 7) is 5.89. The highest BCUT2D eigenvalue weighted by molar-refractivity contribution is 7.19. The number of para-hydroxylation sites is 1. The van der Waals surface area contributed by atoms with Crippen LogP contribution >= 0.6 is 11.3 Å². The minimum Gasteiger partial charge on any atom is -0.507 e. The second-order valence-corrected chi connectivity index (χ2v) is 8.29. The Labute approximate surface area is 177 Å². The van der Waals surface area contributed by atoms with Gasteiger partial charge >= 0.3 is 0 Å². The minimum absolute atomic E-state index is 0.123. The maximum Gasteiger partial charge on any atom is 0.157 e. The predicted molar refractivity (Wildman–Crippen MR) is 115 cm³/mol. The summed E-state index contributed by atoms with van der Waals surface area (Å²) in [7, 11) is 0. The summed E-state index contributed by atoms with van der Waals surface area (Å²) in [5.74, 6) is 6.62. The summed E-state index contributed by atoms with van der Waals surface area (Å²) in [6, 6.07) is 10.7. The molecule has 0 aliphatic carbocycles. The molecule has 0 aliphatic heterocycles. The molecule has 0 amide bonds. The monoisotopic (exact) mass is 417 g/mol. The molecule has 30 heavy (non-hydrogen) atoms. The van der Waals surface area contributed by atoms with Gasteiger partial charge in [-0.1, -0.05) is 31.1 Å². The molecule has 0 spiro atoms. The highest BCUT2D eigenvalue weighted by Gasteiger charge is 2.19. The predicted octanol–water partition coefficient (Wildman–Crippen LogP) is 4.70. The second-order valence-electron chi connectivity index (χ2n) is 7.29. The molecule has 6 nitrogen and oxygen atoms in total. The third-order valence-electron chi connectivity index (χ3n) is 4.91. The van der Waals surface area contributed by atoms with Crippen LogP contribution in [0.3, 0.4) is 0 Å². The molecule has 0 saturated carbocycles. The number of benzene rings is 1. The summed E-state index contributed by atoms with van der Waals surface area (Å²) < 4.78 is 5.31. The van der Waals surface area contributed by atoms with Crippen molar-refractivity contribution in [1.29, 1.82) is 0 Å². The fraction of sp³-hybridized carbons (Fsp3) is 0.217. The van der Waals surface area contributed by atoms with Gasteiger partial charge in [0.05, 0.1) is 16.5 Å². The Morgan fingerprint density at radius 2 is 1.97 bits per heavy atom. The van der Waals surface area contributed by atoms with Gasteiger partial charge in [0.1, 0.15) is 22.6 Å². The Kier molecular flexibility index (Phi) is 5.34. The average Bonchev–Trinajstić information content (AvgIpc) is 3.31. The number of hydrogen-bond donors (Lipinski definition) is 1. The summed E-state index contributed by atoms with van der Waals surface area (Å²) in [4.78, 5) is 12.9. The summed E-state index contributed by atoms with van der Waals surface area (Å²) in [5.41, 5.74) is 2.71. The first-order chi connectivity index (χ1) is 14.5. The maximum atomic E-state index is 11.3. The number of carbonyl (C=O) groups excluding carboxylic acids is 1. The second kappa shape index (κ2) is 8.09. The first kappa shape index (κ1) is 19.8. The van der Waals surface area contributed by atoms with E-state index in [-0.39, 0.29) is 17.6 Å². The fourth-order valence-corrected chi connectivity index (χ4v) is 4.10. The van der Waals surface area contributed by atoms with Gasteiger partial charge in [0, 0.05) is 17.0 Å². The van der Waals surface area contributed by atoms with Crippen molar-refractivity contribution in [2.45, 2.75) is 26.7 Å². The van der Waals surface area contributed by atoms with Crippen LogP contribution in [0.2, 0.25) is 0 Å². The average molecular weight is 417 g/mol. The molecule has 1 atom stereocenters. The van der Waals surface area contributed by atoms with E-state index < -0.39 is 0 Å². The zero-order chi connectivity index (χ0) is 21.3. The van der Waals surface area contributed by atoms with Crippen LogP contribution in [0.4, 0.5) is 0 Å². The smallest absolute Gasteiger partial charge is 0.157 e. The van der Waals surface area contributed by atoms with E-state index in [4.69, 9.17) is 4.52 Å². The van der Waals surface area contributed by atoms with Crippen LogP contribution in [0.1, 0.15) is 41.7 Å². The number of nitrogens with zero attached hydrogens (tertiary/aromatic N) is 3. The SMILES string of the molecule is Cc1c(C#Cc2cc(C(C=O)C(C)C)on2)sc2nnc(-c3ccccc3O)cc12. The summed E-state index contributed by atoms with van der Waals surface area (Å²) in [6.07, 6.45) is 0.874. The van der Waals surface area contributed by atoms with Gasteiger partial charge in [-0.2, -0.15) is 0 Å². The highest BCUT2D eigenvalue weighted by atomic mass is 32.1. The Bertz CT molecular complexity index is 1290. The number of aromatic hydroxyl groups is 1. The van der Waals surface area contributed by atoms with Crippen LogP contribution in [-0.4, -0.2) is 26.7 Å². The van der Waals surface area contributed by atoms with E-state index in [1.165, 1.54) is 11.3 Å². The first-order valence-electron chi connectivity index (χ1n) is 9.47. The van der Waals surface area contributed by atoms with Crippen molar-refractivity contribution in [2.75, 3.05) is 0 Å². The lowest BCUT2D eigenvalue weighted by Crippen LogP contribution is -2.06. The van der Waals surface area contributed by atoms with Crippen molar-refractivity contribution < 1.29 is 14.4 Å². The lowest BCUT2D eigenvalue weighted by Gasteiger charge is -2.08. The third-order valence-corrected chi connectivity index (χ3v) is 6.02. The minimum atomic E-state index is -0.331. The fourth-order valence-electron chi connectivity index (χ4n) is 3.14. The lowest BCUT2D eigenvalue weighted by molar-refractivity contribution is -0.110. The van der Waals surface area contributed by atoms with E-state index in [2.05, 4.69) is 27.2 Å². The molecule has 3 aromatic heterocycles. The number of aldehydes is 1. The van der Waals surface area contributed by atoms with E-state index in [1.807, 2.05) is 32.9 Å². The number of aryl methyl sites for hydroxylation is 1. The number of hydrogen-bond acceptors (Lipinski definition) is 7. The largest absolute Gasteiger partial charge is 0.507 e. The molecule has 150 valence electrons. The van der Waals surface area contributed by atoms with Crippen molar-refractivity contribution in [2.24, 2.45) is 5.92 Å². The first-order valence-corrected chi connectivity index (χ1v) is 10.3. The third kappa shape index (κ3) is 3.70. The summed E-state index contributed by atoms with van der Waals surface area (Å²) in [5, 5.41) is 23.6. The number of phenols is 1. The van der Waals surface area contributed by atoms with E-state index in [0.29, 0.717) is 22.7 Å². The van der Waals surface area contributed by atoms with Gasteiger partial charge in [0.25, 0.3) is 0 Å². The maximum absolute atomic E-state index is 11.3. The van der Waals surface area contributed by atoms with Crippen LogP contribution < -0.4 is 0 Å². The molecule has 1 aromatic carbocycles. The zero-order valence-electron chi connectivity index (χ0n) is 16.7. The normalized spacial score (nSPS) is 12.0. The van der Waals surface area contributed by atoms with Crippen molar-refractivity contribution in [3.05, 3.63) is 58.3 Å². The molecule has 1 unspecified atom stereocenters. The molecule has 4 rings (SSSR count). The molecule has 1 N–H and O–H groups in total. The van der Waals surface area contributed by atoms with Crippen LogP contribution in [-0.2, 0) is 4.79 Å². The number of aromatic nitrogens is 3. The Hall–Kier alpha value is -3.50.